The van der Waals surface area contributed by atoms with Gasteiger partial charge in [0.2, 0.25) is 0 Å². The molecule has 0 amide bonds. The minimum absolute atomic E-state index is 0. The van der Waals surface area contributed by atoms with Crippen LogP contribution < -0.4 is 14.7 Å². The van der Waals surface area contributed by atoms with Gasteiger partial charge < -0.3 is 19.2 Å². The minimum Gasteiger partial charge on any atom is 2.00 e. The molecule has 0 bridgehead atoms. The van der Waals surface area contributed by atoms with Crippen molar-refractivity contribution in [1.29, 1.82) is 0 Å². The van der Waals surface area contributed by atoms with Gasteiger partial charge in [-0.2, -0.15) is 7.82 Å². The van der Waals surface area contributed by atoms with Crippen LogP contribution >= 0.6 is 7.82 Å². The van der Waals surface area contributed by atoms with Crippen LogP contribution in [0.15, 0.2) is 0 Å². The molecule has 0 rings (SSSR count). The van der Waals surface area contributed by atoms with Gasteiger partial charge in [0.05, 0.1) is 0 Å². The quantitative estimate of drug-likeness (QED) is 0.330. The summed E-state index contributed by atoms with van der Waals surface area (Å²) in [5, 5.41) is 0. The Balaban J connectivity index is -0.0000000286. The first-order chi connectivity index (χ1) is 3.00. The SMILES string of the molecule is O=P([O-])([O-])[O-].[Fe+2].[Li][BaH].[Mn+2]. The van der Waals surface area contributed by atoms with Crippen molar-refractivity contribution in [3.63, 3.8) is 0 Å². The van der Waals surface area contributed by atoms with E-state index in [2.05, 4.69) is 8.43 Å². The third-order valence-corrected chi connectivity index (χ3v) is 0. The Morgan fingerprint density at radius 2 is 1.22 bits per heavy atom. The maximum Gasteiger partial charge on any atom is 2.00 e. The van der Waals surface area contributed by atoms with Crippen molar-refractivity contribution in [1.82, 2.24) is 0 Å². The van der Waals surface area contributed by atoms with Gasteiger partial charge in [-0.05, 0) is 0 Å². The van der Waals surface area contributed by atoms with E-state index < -0.39 is 7.82 Å². The molecule has 0 heterocycles. The van der Waals surface area contributed by atoms with Gasteiger partial charge in [-0.15, -0.1) is 0 Å². The molecule has 0 aliphatic heterocycles. The van der Waals surface area contributed by atoms with Gasteiger partial charge in [0, 0.05) is 0 Å². The van der Waals surface area contributed by atoms with Crippen LogP contribution in [0.1, 0.15) is 0 Å². The zero-order valence-electron chi connectivity index (χ0n) is 4.81. The monoisotopic (exact) mass is 352 g/mol. The Bertz CT molecular complexity index is 66.7. The Morgan fingerprint density at radius 3 is 1.22 bits per heavy atom. The standard InChI is InChI=1S/Ba.Fe.Li.Mn.H3O4P.H/c;;;;1-5(2,3)4;/h;;;;(H3,1,2,3,4);/q;+2;;+2;;/p-3. The van der Waals surface area contributed by atoms with Crippen molar-refractivity contribution in [2.75, 3.05) is 0 Å². The first-order valence-corrected chi connectivity index (χ1v) is 9.47. The molecule has 0 saturated carbocycles. The molecule has 4 nitrogen and oxygen atoms in total. The van der Waals surface area contributed by atoms with Gasteiger partial charge in [0.1, 0.15) is 0 Å². The number of hydrogen-bond donors (Lipinski definition) is 0. The van der Waals surface area contributed by atoms with E-state index in [0.717, 1.165) is 42.4 Å². The zero-order chi connectivity index (χ0) is 6.50. The fraction of sp³-hybridized carbons (Fsp3) is 0. The first kappa shape index (κ1) is 22.8. The van der Waals surface area contributed by atoms with Crippen molar-refractivity contribution in [3.8, 4) is 0 Å². The summed E-state index contributed by atoms with van der Waals surface area (Å²) in [5.41, 5.74) is 0. The van der Waals surface area contributed by atoms with Crippen LogP contribution in [-0.4, -0.2) is 50.8 Å². The Kier molecular flexibility index (Phi) is 35.2. The zero-order valence-corrected chi connectivity index (χ0v) is 14.3. The molecule has 0 aromatic heterocycles. The Hall–Kier alpha value is 3.32. The minimum atomic E-state index is -5.39. The van der Waals surface area contributed by atoms with Crippen LogP contribution in [-0.2, 0) is 38.7 Å². The van der Waals surface area contributed by atoms with Gasteiger partial charge in [0.15, 0.2) is 0 Å². The third kappa shape index (κ3) is 89.3. The van der Waals surface area contributed by atoms with Gasteiger partial charge in [-0.1, -0.05) is 0 Å². The summed E-state index contributed by atoms with van der Waals surface area (Å²) in [4.78, 5) is 25.6. The molecule has 0 saturated heterocycles. The summed E-state index contributed by atoms with van der Waals surface area (Å²) in [7, 11) is -3.17. The van der Waals surface area contributed by atoms with E-state index in [-0.39, 0.29) is 34.1 Å². The second kappa shape index (κ2) is 13.9. The largest absolute Gasteiger partial charge is 2.00 e. The van der Waals surface area contributed by atoms with Crippen LogP contribution in [0.2, 0.25) is 0 Å². The molecule has 0 spiro atoms. The molecule has 0 atom stereocenters. The van der Waals surface area contributed by atoms with E-state index in [4.69, 9.17) is 19.2 Å². The van der Waals surface area contributed by atoms with E-state index in [0.29, 0.717) is 0 Å². The molecule has 0 aliphatic rings. The van der Waals surface area contributed by atoms with Crippen molar-refractivity contribution >= 4 is 58.7 Å². The summed E-state index contributed by atoms with van der Waals surface area (Å²) >= 11 is 0.889. The van der Waals surface area contributed by atoms with Gasteiger partial charge in [0.25, 0.3) is 0 Å². The molecule has 1 radical (unpaired) electrons. The third-order valence-electron chi connectivity index (χ3n) is 0. The number of hydrogen-bond acceptors (Lipinski definition) is 4. The summed E-state index contributed by atoms with van der Waals surface area (Å²) < 4.78 is 8.55. The van der Waals surface area contributed by atoms with E-state index in [1.165, 1.54) is 0 Å². The van der Waals surface area contributed by atoms with Gasteiger partial charge in [-0.3, -0.25) is 0 Å². The van der Waals surface area contributed by atoms with Crippen LogP contribution in [0.25, 0.3) is 0 Å². The van der Waals surface area contributed by atoms with Crippen LogP contribution in [0.4, 0.5) is 0 Å². The van der Waals surface area contributed by atoms with Crippen molar-refractivity contribution in [3.05, 3.63) is 0 Å². The predicted molar refractivity (Wildman–Crippen MR) is 20.5 cm³/mol. The second-order valence-electron chi connectivity index (χ2n) is 0.447. The first-order valence-electron chi connectivity index (χ1n) is 1.73. The smallest absolute Gasteiger partial charge is 2.00 e. The maximum atomic E-state index is 8.55. The summed E-state index contributed by atoms with van der Waals surface area (Å²) in [6.45, 7) is 0. The molecular formula is HBaFeLiMnO4P+. The Labute approximate surface area is 109 Å². The molecule has 0 fully saturated rings. The molecule has 0 aromatic carbocycles. The number of phosphoric acid groups is 1. The molecule has 0 unspecified atom stereocenters. The average molecular weight is 351 g/mol. The van der Waals surface area contributed by atoms with Crippen LogP contribution in [0.5, 0.6) is 0 Å². The molecule has 0 N–H and O–H groups in total. The average Bonchev–Trinajstić information content (AvgIpc) is 1.36. The van der Waals surface area contributed by atoms with E-state index in [9.17, 15) is 0 Å². The molecule has 9 heteroatoms. The van der Waals surface area contributed by atoms with Crippen molar-refractivity contribution in [2.45, 2.75) is 0 Å². The topological polar surface area (TPSA) is 86.2 Å². The van der Waals surface area contributed by atoms with E-state index in [1.54, 1.807) is 0 Å². The Morgan fingerprint density at radius 1 is 1.22 bits per heavy atom. The van der Waals surface area contributed by atoms with Crippen LogP contribution in [0, 0.1) is 0 Å². The van der Waals surface area contributed by atoms with Crippen molar-refractivity contribution in [2.24, 2.45) is 0 Å². The summed E-state index contributed by atoms with van der Waals surface area (Å²) in [6, 6.07) is 0. The predicted octanol–water partition coefficient (Wildman–Crippen LogP) is -3.86. The molecule has 9 heavy (non-hydrogen) atoms. The molecule has 47 valence electrons. The molecular weight excluding hydrogens is 350 g/mol. The van der Waals surface area contributed by atoms with Gasteiger partial charge >= 0.3 is 85.0 Å². The normalized spacial score (nSPS) is 7.11. The second-order valence-corrected chi connectivity index (χ2v) is 1.34. The summed E-state index contributed by atoms with van der Waals surface area (Å²) in [5.74, 6) is 0. The molecule has 0 aliphatic carbocycles. The number of rotatable bonds is 0. The van der Waals surface area contributed by atoms with Crippen LogP contribution in [0.3, 0.4) is 0 Å². The fourth-order valence-corrected chi connectivity index (χ4v) is 0. The summed E-state index contributed by atoms with van der Waals surface area (Å²) in [6.07, 6.45) is 0. The molecule has 0 aromatic rings. The van der Waals surface area contributed by atoms with E-state index >= 15 is 0 Å². The van der Waals surface area contributed by atoms with E-state index in [1.807, 2.05) is 0 Å². The maximum absolute atomic E-state index is 8.55. The van der Waals surface area contributed by atoms with Gasteiger partial charge in [-0.25, -0.2) is 0 Å². The van der Waals surface area contributed by atoms with Crippen molar-refractivity contribution < 1.29 is 53.4 Å². The fourth-order valence-electron chi connectivity index (χ4n) is 0.